The highest BCUT2D eigenvalue weighted by atomic mass is 32.2. The summed E-state index contributed by atoms with van der Waals surface area (Å²) in [4.78, 5) is 41.9. The van der Waals surface area contributed by atoms with Crippen molar-refractivity contribution in [2.75, 3.05) is 0 Å². The topological polar surface area (TPSA) is 106 Å². The van der Waals surface area contributed by atoms with Crippen molar-refractivity contribution in [3.8, 4) is 5.95 Å². The molecule has 1 N–H and O–H groups in total. The summed E-state index contributed by atoms with van der Waals surface area (Å²) in [5, 5.41) is 4.54. The van der Waals surface area contributed by atoms with Gasteiger partial charge in [0.15, 0.2) is 16.6 Å². The molecule has 1 aromatic carbocycles. The van der Waals surface area contributed by atoms with E-state index in [9.17, 15) is 9.59 Å². The normalized spacial score (nSPS) is 12.2. The molecule has 0 amide bonds. The number of hydrogen-bond donors (Lipinski definition) is 1. The summed E-state index contributed by atoms with van der Waals surface area (Å²) in [5.41, 5.74) is 3.52. The van der Waals surface area contributed by atoms with E-state index >= 15 is 0 Å². The number of aromatic amines is 1. The summed E-state index contributed by atoms with van der Waals surface area (Å²) in [7, 11) is 0. The molecule has 0 saturated heterocycles. The van der Waals surface area contributed by atoms with Gasteiger partial charge in [0.1, 0.15) is 5.39 Å². The van der Waals surface area contributed by atoms with Crippen molar-refractivity contribution in [3.05, 3.63) is 69.4 Å². The minimum Gasteiger partial charge on any atom is -0.301 e. The third kappa shape index (κ3) is 5.85. The molecular weight excluding hydrogens is 460 g/mol. The van der Waals surface area contributed by atoms with Gasteiger partial charge in [0.25, 0.3) is 11.5 Å². The molecule has 0 unspecified atom stereocenters. The summed E-state index contributed by atoms with van der Waals surface area (Å²) in [6.45, 7) is 7.77. The fourth-order valence-electron chi connectivity index (χ4n) is 3.95. The Labute approximate surface area is 208 Å². The van der Waals surface area contributed by atoms with Crippen LogP contribution in [0, 0.1) is 13.8 Å². The van der Waals surface area contributed by atoms with Crippen LogP contribution < -0.4 is 5.56 Å². The number of hydrogen-bond acceptors (Lipinski definition) is 7. The number of nitrogens with one attached hydrogen (secondary N) is 1. The van der Waals surface area contributed by atoms with E-state index in [4.69, 9.17) is 0 Å². The van der Waals surface area contributed by atoms with E-state index in [0.717, 1.165) is 17.8 Å². The molecule has 1 atom stereocenters. The van der Waals surface area contributed by atoms with Crippen molar-refractivity contribution in [1.82, 2.24) is 29.7 Å². The number of Topliss-reactive ketones (excluding diaryl/α,β-unsaturated/α-hetero) is 1. The average molecular weight is 491 g/mol. The molecule has 0 aliphatic heterocycles. The number of nitrogens with zero attached hydrogens (tertiary/aromatic N) is 5. The Hall–Kier alpha value is -3.33. The van der Waals surface area contributed by atoms with Crippen LogP contribution in [0.5, 0.6) is 0 Å². The van der Waals surface area contributed by atoms with Gasteiger partial charge < -0.3 is 4.98 Å². The van der Waals surface area contributed by atoms with Gasteiger partial charge in [-0.3, -0.25) is 9.59 Å². The van der Waals surface area contributed by atoms with Crippen LogP contribution in [-0.4, -0.2) is 40.7 Å². The zero-order valence-corrected chi connectivity index (χ0v) is 21.4. The first-order valence-corrected chi connectivity index (χ1v) is 12.8. The Kier molecular flexibility index (Phi) is 7.75. The SMILES string of the molecule is CCCCCCc1ccc(C(=O)[C@H](C)Sc2nc3c(cnn3-c3nc(C)cc(C)n3)c(=O)[nH]2)cc1. The maximum Gasteiger partial charge on any atom is 0.262 e. The fraction of sp³-hybridized carbons (Fsp3) is 0.385. The number of benzene rings is 1. The molecule has 182 valence electrons. The number of unbranched alkanes of at least 4 members (excludes halogenated alkanes) is 3. The van der Waals surface area contributed by atoms with Crippen molar-refractivity contribution in [1.29, 1.82) is 0 Å². The lowest BCUT2D eigenvalue weighted by Crippen LogP contribution is -2.16. The largest absolute Gasteiger partial charge is 0.301 e. The zero-order chi connectivity index (χ0) is 24.9. The number of H-pyrrole nitrogens is 1. The number of carbonyl (C=O) groups is 1. The van der Waals surface area contributed by atoms with Crippen LogP contribution in [0.1, 0.15) is 66.8 Å². The van der Waals surface area contributed by atoms with Gasteiger partial charge in [-0.2, -0.15) is 9.78 Å². The Balaban J connectivity index is 1.52. The van der Waals surface area contributed by atoms with E-state index < -0.39 is 5.25 Å². The standard InChI is InChI=1S/C26H30N6O2S/c1-5-6-7-8-9-19-10-12-20(13-11-19)22(33)18(4)35-26-30-23-21(24(34)31-26)15-27-32(23)25-28-16(2)14-17(3)29-25/h10-15,18H,5-9H2,1-4H3,(H,30,31,34)/t18-/m0/s1. The van der Waals surface area contributed by atoms with Gasteiger partial charge in [-0.25, -0.2) is 15.0 Å². The second kappa shape index (κ2) is 10.9. The van der Waals surface area contributed by atoms with Gasteiger partial charge in [0.05, 0.1) is 11.4 Å². The Bertz CT molecular complexity index is 1370. The zero-order valence-electron chi connectivity index (χ0n) is 20.5. The monoisotopic (exact) mass is 490 g/mol. The van der Waals surface area contributed by atoms with Gasteiger partial charge in [0, 0.05) is 17.0 Å². The van der Waals surface area contributed by atoms with Gasteiger partial charge in [-0.1, -0.05) is 62.2 Å². The molecule has 0 aliphatic rings. The highest BCUT2D eigenvalue weighted by Crippen LogP contribution is 2.24. The van der Waals surface area contributed by atoms with Crippen LogP contribution in [0.4, 0.5) is 0 Å². The van der Waals surface area contributed by atoms with Crippen LogP contribution in [0.3, 0.4) is 0 Å². The van der Waals surface area contributed by atoms with E-state index in [2.05, 4.69) is 32.0 Å². The summed E-state index contributed by atoms with van der Waals surface area (Å²) in [6, 6.07) is 9.71. The van der Waals surface area contributed by atoms with Crippen LogP contribution in [0.25, 0.3) is 17.0 Å². The molecule has 8 nitrogen and oxygen atoms in total. The Morgan fingerprint density at radius 3 is 2.46 bits per heavy atom. The lowest BCUT2D eigenvalue weighted by atomic mass is 10.0. The van der Waals surface area contributed by atoms with Gasteiger partial charge in [0.2, 0.25) is 0 Å². The summed E-state index contributed by atoms with van der Waals surface area (Å²) in [5.74, 6) is 0.340. The molecule has 0 bridgehead atoms. The highest BCUT2D eigenvalue weighted by Gasteiger charge is 2.20. The first-order chi connectivity index (χ1) is 16.9. The first kappa shape index (κ1) is 24.8. The number of aryl methyl sites for hydroxylation is 3. The molecule has 4 aromatic rings. The fourth-order valence-corrected chi connectivity index (χ4v) is 4.82. The second-order valence-electron chi connectivity index (χ2n) is 8.75. The predicted molar refractivity (Wildman–Crippen MR) is 138 cm³/mol. The third-order valence-electron chi connectivity index (χ3n) is 5.79. The molecule has 9 heteroatoms. The Morgan fingerprint density at radius 2 is 1.77 bits per heavy atom. The molecule has 3 heterocycles. The summed E-state index contributed by atoms with van der Waals surface area (Å²) < 4.78 is 1.46. The van der Waals surface area contributed by atoms with Crippen molar-refractivity contribution < 1.29 is 4.79 Å². The predicted octanol–water partition coefficient (Wildman–Crippen LogP) is 5.00. The van der Waals surface area contributed by atoms with E-state index in [1.807, 2.05) is 51.1 Å². The highest BCUT2D eigenvalue weighted by molar-refractivity contribution is 8.00. The minimum atomic E-state index is -0.431. The van der Waals surface area contributed by atoms with Crippen LogP contribution >= 0.6 is 11.8 Å². The minimum absolute atomic E-state index is 0.0126. The first-order valence-electron chi connectivity index (χ1n) is 12.0. The quantitative estimate of drug-likeness (QED) is 0.144. The summed E-state index contributed by atoms with van der Waals surface area (Å²) in [6.07, 6.45) is 7.35. The van der Waals surface area contributed by atoms with Gasteiger partial charge in [-0.05, 0) is 45.2 Å². The van der Waals surface area contributed by atoms with Crippen LogP contribution in [0.2, 0.25) is 0 Å². The number of thioether (sulfide) groups is 1. The Morgan fingerprint density at radius 1 is 1.06 bits per heavy atom. The maximum atomic E-state index is 13.0. The molecule has 0 aliphatic carbocycles. The molecule has 0 saturated carbocycles. The lowest BCUT2D eigenvalue weighted by Gasteiger charge is -2.11. The molecule has 0 spiro atoms. The number of carbonyl (C=O) groups excluding carboxylic acids is 1. The van der Waals surface area contributed by atoms with Crippen molar-refractivity contribution >= 4 is 28.6 Å². The van der Waals surface area contributed by atoms with E-state index in [1.54, 1.807) is 0 Å². The van der Waals surface area contributed by atoms with Crippen molar-refractivity contribution in [2.24, 2.45) is 0 Å². The molecule has 35 heavy (non-hydrogen) atoms. The van der Waals surface area contributed by atoms with Crippen molar-refractivity contribution in [3.63, 3.8) is 0 Å². The number of fused-ring (bicyclic) bond motifs is 1. The smallest absolute Gasteiger partial charge is 0.262 e. The third-order valence-corrected chi connectivity index (χ3v) is 6.78. The van der Waals surface area contributed by atoms with Crippen LogP contribution in [0.15, 0.2) is 46.5 Å². The number of aromatic nitrogens is 6. The average Bonchev–Trinajstić information content (AvgIpc) is 3.26. The lowest BCUT2D eigenvalue weighted by molar-refractivity contribution is 0.0994. The summed E-state index contributed by atoms with van der Waals surface area (Å²) >= 11 is 1.21. The van der Waals surface area contributed by atoms with Gasteiger partial charge >= 0.3 is 0 Å². The molecule has 0 fully saturated rings. The molecule has 4 rings (SSSR count). The maximum absolute atomic E-state index is 13.0. The van der Waals surface area contributed by atoms with E-state index in [1.165, 1.54) is 53.9 Å². The second-order valence-corrected chi connectivity index (χ2v) is 10.1. The van der Waals surface area contributed by atoms with E-state index in [-0.39, 0.29) is 11.3 Å². The van der Waals surface area contributed by atoms with Crippen LogP contribution in [-0.2, 0) is 6.42 Å². The number of ketones is 1. The number of rotatable bonds is 10. The van der Waals surface area contributed by atoms with Gasteiger partial charge in [-0.15, -0.1) is 0 Å². The molecular formula is C26H30N6O2S. The molecule has 3 aromatic heterocycles. The molecule has 0 radical (unpaired) electrons. The van der Waals surface area contributed by atoms with Crippen molar-refractivity contribution in [2.45, 2.75) is 70.2 Å². The van der Waals surface area contributed by atoms with E-state index in [0.29, 0.717) is 27.7 Å².